The molecule has 0 radical (unpaired) electrons. The second-order valence-electron chi connectivity index (χ2n) is 10.9. The molecule has 7 heteroatoms. The molecule has 4 unspecified atom stereocenters. The summed E-state index contributed by atoms with van der Waals surface area (Å²) in [6, 6.07) is 13.4. The Morgan fingerprint density at radius 1 is 0.778 bits per heavy atom. The number of aryl methyl sites for hydroxylation is 2. The number of thiazole rings is 2. The Morgan fingerprint density at radius 3 is 2.11 bits per heavy atom. The molecule has 3 heterocycles. The van der Waals surface area contributed by atoms with Crippen LogP contribution >= 0.6 is 34.4 Å². The standard InChI is InChI=1S/C29H22N2O2S3/c1-11-5-7-14-15-8-6-13(10-17(15)29(3,4)16(14)9-11)28-31-21-23(33)19-18-22(32)20-26(34-12(2)30-20)24(18)35-25(19)27(21)36-28/h5-10,18-19,24-25H,1-4H3. The van der Waals surface area contributed by atoms with Crippen LogP contribution in [-0.2, 0) is 5.41 Å². The number of Topliss-reactive ketones (excluding diaryl/α,β-unsaturated/α-hetero) is 2. The highest BCUT2D eigenvalue weighted by atomic mass is 32.2. The molecular weight excluding hydrogens is 505 g/mol. The first-order valence-corrected chi connectivity index (χ1v) is 14.8. The highest BCUT2D eigenvalue weighted by molar-refractivity contribution is 8.00. The quantitative estimate of drug-likeness (QED) is 0.260. The molecule has 1 fully saturated rings. The van der Waals surface area contributed by atoms with E-state index < -0.39 is 0 Å². The van der Waals surface area contributed by atoms with Crippen molar-refractivity contribution in [3.05, 3.63) is 79.2 Å². The van der Waals surface area contributed by atoms with Gasteiger partial charge in [-0.1, -0.05) is 49.7 Å². The van der Waals surface area contributed by atoms with Gasteiger partial charge >= 0.3 is 0 Å². The maximum absolute atomic E-state index is 13.6. The molecule has 4 atom stereocenters. The van der Waals surface area contributed by atoms with Gasteiger partial charge in [0.15, 0.2) is 11.6 Å². The van der Waals surface area contributed by atoms with Gasteiger partial charge < -0.3 is 0 Å². The average molecular weight is 527 g/mol. The molecular formula is C29H22N2O2S3. The van der Waals surface area contributed by atoms with Crippen LogP contribution in [0.3, 0.4) is 0 Å². The first-order valence-electron chi connectivity index (χ1n) is 12.2. The van der Waals surface area contributed by atoms with Crippen LogP contribution in [0.15, 0.2) is 36.4 Å². The van der Waals surface area contributed by atoms with Crippen LogP contribution in [0.25, 0.3) is 21.7 Å². The number of nitrogens with zero attached hydrogens (tertiary/aromatic N) is 2. The summed E-state index contributed by atoms with van der Waals surface area (Å²) in [6.07, 6.45) is 0. The van der Waals surface area contributed by atoms with Crippen molar-refractivity contribution in [3.63, 3.8) is 0 Å². The van der Waals surface area contributed by atoms with Crippen LogP contribution in [0.4, 0.5) is 0 Å². The summed E-state index contributed by atoms with van der Waals surface area (Å²) in [5, 5.41) is 1.90. The molecule has 8 rings (SSSR count). The summed E-state index contributed by atoms with van der Waals surface area (Å²) in [5.74, 6) is -0.482. The van der Waals surface area contributed by atoms with Gasteiger partial charge in [-0.3, -0.25) is 9.59 Å². The van der Waals surface area contributed by atoms with Gasteiger partial charge in [0.25, 0.3) is 0 Å². The molecule has 1 aliphatic heterocycles. The van der Waals surface area contributed by atoms with Crippen LogP contribution in [0, 0.1) is 25.7 Å². The molecule has 4 nitrogen and oxygen atoms in total. The van der Waals surface area contributed by atoms with Gasteiger partial charge in [0, 0.05) is 20.7 Å². The Balaban J connectivity index is 1.18. The third-order valence-corrected chi connectivity index (χ3v) is 12.6. The van der Waals surface area contributed by atoms with Gasteiger partial charge in [-0.25, -0.2) is 9.97 Å². The van der Waals surface area contributed by atoms with Crippen LogP contribution < -0.4 is 0 Å². The fraction of sp³-hybridized carbons (Fsp3) is 0.310. The Bertz CT molecular complexity index is 1690. The molecule has 36 heavy (non-hydrogen) atoms. The van der Waals surface area contributed by atoms with E-state index in [1.54, 1.807) is 34.4 Å². The topological polar surface area (TPSA) is 59.9 Å². The van der Waals surface area contributed by atoms with Gasteiger partial charge in [0.2, 0.25) is 0 Å². The van der Waals surface area contributed by atoms with Gasteiger partial charge in [-0.05, 0) is 42.2 Å². The van der Waals surface area contributed by atoms with E-state index in [0.717, 1.165) is 25.3 Å². The smallest absolute Gasteiger partial charge is 0.187 e. The first-order chi connectivity index (χ1) is 17.2. The lowest BCUT2D eigenvalue weighted by molar-refractivity contribution is 0.0799. The molecule has 0 spiro atoms. The monoisotopic (exact) mass is 526 g/mol. The van der Waals surface area contributed by atoms with E-state index in [0.29, 0.717) is 11.4 Å². The molecule has 0 saturated carbocycles. The van der Waals surface area contributed by atoms with Crippen molar-refractivity contribution in [2.75, 3.05) is 0 Å². The van der Waals surface area contributed by atoms with E-state index in [4.69, 9.17) is 4.98 Å². The molecule has 0 amide bonds. The Kier molecular flexibility index (Phi) is 4.07. The summed E-state index contributed by atoms with van der Waals surface area (Å²) in [6.45, 7) is 8.67. The highest BCUT2D eigenvalue weighted by Crippen LogP contribution is 2.68. The second-order valence-corrected chi connectivity index (χ2v) is 14.4. The van der Waals surface area contributed by atoms with E-state index in [1.807, 2.05) is 6.92 Å². The van der Waals surface area contributed by atoms with Crippen LogP contribution in [0.2, 0.25) is 0 Å². The lowest BCUT2D eigenvalue weighted by Gasteiger charge is -2.22. The van der Waals surface area contributed by atoms with E-state index in [9.17, 15) is 9.59 Å². The molecule has 1 saturated heterocycles. The Labute approximate surface area is 221 Å². The van der Waals surface area contributed by atoms with Gasteiger partial charge in [-0.2, -0.15) is 0 Å². The Hall–Kier alpha value is -2.61. The summed E-state index contributed by atoms with van der Waals surface area (Å²) in [7, 11) is 0. The third kappa shape index (κ3) is 2.51. The van der Waals surface area contributed by atoms with E-state index in [1.165, 1.54) is 27.8 Å². The predicted octanol–water partition coefficient (Wildman–Crippen LogP) is 7.34. The Morgan fingerprint density at radius 2 is 1.39 bits per heavy atom. The van der Waals surface area contributed by atoms with Crippen molar-refractivity contribution in [1.29, 1.82) is 0 Å². The van der Waals surface area contributed by atoms with Crippen molar-refractivity contribution in [2.45, 2.75) is 43.6 Å². The number of fused-ring (bicyclic) bond motifs is 10. The number of aromatic nitrogens is 2. The lowest BCUT2D eigenvalue weighted by Crippen LogP contribution is -2.24. The van der Waals surface area contributed by atoms with E-state index in [2.05, 4.69) is 62.2 Å². The van der Waals surface area contributed by atoms with E-state index in [-0.39, 0.29) is 39.3 Å². The highest BCUT2D eigenvalue weighted by Gasteiger charge is 2.62. The van der Waals surface area contributed by atoms with Crippen molar-refractivity contribution in [1.82, 2.24) is 9.97 Å². The fourth-order valence-corrected chi connectivity index (χ4v) is 11.1. The molecule has 3 aliphatic carbocycles. The minimum Gasteiger partial charge on any atom is -0.292 e. The zero-order chi connectivity index (χ0) is 24.7. The van der Waals surface area contributed by atoms with Gasteiger partial charge in [0.1, 0.15) is 16.4 Å². The maximum atomic E-state index is 13.6. The maximum Gasteiger partial charge on any atom is 0.187 e. The van der Waals surface area contributed by atoms with Gasteiger partial charge in [-0.15, -0.1) is 34.4 Å². The van der Waals surface area contributed by atoms with Crippen molar-refractivity contribution in [3.8, 4) is 21.7 Å². The number of hydrogen-bond acceptors (Lipinski definition) is 7. The SMILES string of the molecule is Cc1ccc2c(c1)C(C)(C)c1cc(-c3nc4c(s3)C3SC5c6sc(C)nc6C(=O)C5C3C4=O)ccc1-2. The van der Waals surface area contributed by atoms with Crippen LogP contribution in [-0.4, -0.2) is 21.5 Å². The second kappa shape index (κ2) is 6.82. The van der Waals surface area contributed by atoms with Crippen LogP contribution in [0.1, 0.15) is 76.8 Å². The minimum absolute atomic E-state index is 0.0198. The van der Waals surface area contributed by atoms with Crippen molar-refractivity contribution < 1.29 is 9.59 Å². The number of hydrogen-bond donors (Lipinski definition) is 0. The van der Waals surface area contributed by atoms with Crippen LogP contribution in [0.5, 0.6) is 0 Å². The number of benzene rings is 2. The van der Waals surface area contributed by atoms with Crippen molar-refractivity contribution in [2.24, 2.45) is 11.8 Å². The predicted molar refractivity (Wildman–Crippen MR) is 145 cm³/mol. The molecule has 0 bridgehead atoms. The normalized spacial score (nSPS) is 26.0. The van der Waals surface area contributed by atoms with E-state index >= 15 is 0 Å². The molecule has 0 N–H and O–H groups in total. The summed E-state index contributed by atoms with van der Waals surface area (Å²) in [5.41, 5.74) is 8.71. The summed E-state index contributed by atoms with van der Waals surface area (Å²) in [4.78, 5) is 38.2. The largest absolute Gasteiger partial charge is 0.292 e. The number of rotatable bonds is 1. The minimum atomic E-state index is -0.298. The molecule has 178 valence electrons. The molecule has 2 aromatic heterocycles. The fourth-order valence-electron chi connectivity index (χ4n) is 6.69. The lowest BCUT2D eigenvalue weighted by atomic mass is 9.81. The summed E-state index contributed by atoms with van der Waals surface area (Å²) >= 11 is 5.03. The molecule has 4 aliphatic rings. The number of ketones is 2. The molecule has 2 aromatic carbocycles. The molecule has 4 aromatic rings. The van der Waals surface area contributed by atoms with Gasteiger partial charge in [0.05, 0.1) is 27.3 Å². The number of thioether (sulfide) groups is 1. The average Bonchev–Trinajstić information content (AvgIpc) is 3.64. The zero-order valence-electron chi connectivity index (χ0n) is 20.2. The number of carbonyl (C=O) groups excluding carboxylic acids is 2. The third-order valence-electron chi connectivity index (χ3n) is 8.41. The number of carbonyl (C=O) groups is 2. The summed E-state index contributed by atoms with van der Waals surface area (Å²) < 4.78 is 0. The zero-order valence-corrected chi connectivity index (χ0v) is 22.7. The first kappa shape index (κ1) is 21.5. The van der Waals surface area contributed by atoms with Crippen molar-refractivity contribution >= 4 is 46.0 Å².